The zero-order valence-electron chi connectivity index (χ0n) is 20.0. The third-order valence-corrected chi connectivity index (χ3v) is 5.66. The van der Waals surface area contributed by atoms with Gasteiger partial charge in [-0.2, -0.15) is 0 Å². The van der Waals surface area contributed by atoms with Crippen LogP contribution >= 0.6 is 0 Å². The number of carboxylic acids is 1. The maximum absolute atomic E-state index is 11.0. The molecule has 1 N–H and O–H groups in total. The molecule has 4 rings (SSSR count). The largest absolute Gasteiger partial charge is 1.00 e. The molecule has 0 bridgehead atoms. The van der Waals surface area contributed by atoms with E-state index in [1.807, 2.05) is 31.2 Å². The van der Waals surface area contributed by atoms with E-state index in [-0.39, 0.29) is 59.2 Å². The van der Waals surface area contributed by atoms with Gasteiger partial charge in [0.2, 0.25) is 5.89 Å². The summed E-state index contributed by atoms with van der Waals surface area (Å²) < 4.78 is 12.0. The number of fused-ring (bicyclic) bond motifs is 1. The molecule has 6 heteroatoms. The molecule has 32 heavy (non-hydrogen) atoms. The Labute approximate surface area is 232 Å². The van der Waals surface area contributed by atoms with Gasteiger partial charge >= 0.3 is 57.4 Å². The molecule has 1 aliphatic rings. The van der Waals surface area contributed by atoms with Crippen LogP contribution in [0, 0.1) is 13.8 Å². The van der Waals surface area contributed by atoms with Crippen LogP contribution in [-0.4, -0.2) is 22.7 Å². The molecule has 0 unspecified atom stereocenters. The Hall–Kier alpha value is -1.70. The van der Waals surface area contributed by atoms with Gasteiger partial charge in [0.25, 0.3) is 0 Å². The number of rotatable bonds is 8. The minimum absolute atomic E-state index is 0. The molecule has 0 saturated carbocycles. The number of benzene rings is 2. The quantitative estimate of drug-likeness (QED) is 0.527. The second-order valence-corrected chi connectivity index (χ2v) is 7.93. The van der Waals surface area contributed by atoms with Gasteiger partial charge in [0.05, 0.1) is 12.3 Å². The molecule has 0 saturated heterocycles. The zero-order chi connectivity index (χ0) is 21.8. The van der Waals surface area contributed by atoms with Crippen molar-refractivity contribution in [1.82, 2.24) is 4.98 Å². The Balaban J connectivity index is 0.00000193. The molecular formula is C26H28KNO4. The average molecular weight is 458 g/mol. The summed E-state index contributed by atoms with van der Waals surface area (Å²) in [4.78, 5) is 15.6. The van der Waals surface area contributed by atoms with Gasteiger partial charge in [-0.05, 0) is 62.4 Å². The third kappa shape index (κ3) is 6.00. The molecule has 2 aromatic carbocycles. The van der Waals surface area contributed by atoms with E-state index >= 15 is 0 Å². The molecule has 1 aliphatic carbocycles. The number of nitrogens with zero attached hydrogens (tertiary/aromatic N) is 1. The Kier molecular flexibility index (Phi) is 8.91. The predicted octanol–water partition coefficient (Wildman–Crippen LogP) is 2.89. The fourth-order valence-electron chi connectivity index (χ4n) is 3.98. The first kappa shape index (κ1) is 24.9. The monoisotopic (exact) mass is 457 g/mol. The summed E-state index contributed by atoms with van der Waals surface area (Å²) in [5.74, 6) is 1.55. The zero-order valence-corrected chi connectivity index (χ0v) is 22.1. The van der Waals surface area contributed by atoms with Crippen molar-refractivity contribution in [2.75, 3.05) is 6.61 Å². The molecule has 5 nitrogen and oxygen atoms in total. The van der Waals surface area contributed by atoms with Crippen LogP contribution < -0.4 is 56.1 Å². The fraction of sp³-hybridized carbons (Fsp3) is 0.308. The molecule has 1 aromatic heterocycles. The molecular weight excluding hydrogens is 429 g/mol. The van der Waals surface area contributed by atoms with Gasteiger partial charge in [-0.1, -0.05) is 35.9 Å². The molecule has 1 heterocycles. The first-order chi connectivity index (χ1) is 15.0. The van der Waals surface area contributed by atoms with Crippen molar-refractivity contribution in [2.24, 2.45) is 0 Å². The fourth-order valence-corrected chi connectivity index (χ4v) is 3.98. The van der Waals surface area contributed by atoms with Crippen molar-refractivity contribution in [3.63, 3.8) is 0 Å². The van der Waals surface area contributed by atoms with Crippen molar-refractivity contribution in [3.8, 4) is 17.2 Å². The summed E-state index contributed by atoms with van der Waals surface area (Å²) in [6, 6.07) is 14.2. The van der Waals surface area contributed by atoms with Gasteiger partial charge in [-0.25, -0.2) is 4.98 Å². The third-order valence-electron chi connectivity index (χ3n) is 5.66. The van der Waals surface area contributed by atoms with Gasteiger partial charge in [-0.15, -0.1) is 0 Å². The first-order valence-corrected chi connectivity index (χ1v) is 10.7. The van der Waals surface area contributed by atoms with Crippen molar-refractivity contribution in [2.45, 2.75) is 46.0 Å². The van der Waals surface area contributed by atoms with Crippen LogP contribution in [0.15, 0.2) is 53.0 Å². The topological polar surface area (TPSA) is 72.6 Å². The number of carboxylic acid groups (broad SMARTS) is 1. The summed E-state index contributed by atoms with van der Waals surface area (Å²) in [6.07, 6.45) is 5.32. The van der Waals surface area contributed by atoms with E-state index in [9.17, 15) is 4.79 Å². The number of aliphatic carboxylic acids is 1. The second-order valence-electron chi connectivity index (χ2n) is 7.93. The van der Waals surface area contributed by atoms with Crippen molar-refractivity contribution >= 4 is 11.5 Å². The van der Waals surface area contributed by atoms with Crippen LogP contribution in [0.5, 0.6) is 5.75 Å². The van der Waals surface area contributed by atoms with Crippen LogP contribution in [0.2, 0.25) is 0 Å². The molecule has 3 aromatic rings. The number of carbonyl (C=O) groups is 1. The summed E-state index contributed by atoms with van der Waals surface area (Å²) in [7, 11) is 0. The Morgan fingerprint density at radius 3 is 2.69 bits per heavy atom. The van der Waals surface area contributed by atoms with Gasteiger partial charge in [0.15, 0.2) is 0 Å². The van der Waals surface area contributed by atoms with Gasteiger partial charge in [-0.3, -0.25) is 4.79 Å². The maximum Gasteiger partial charge on any atom is 1.00 e. The van der Waals surface area contributed by atoms with Crippen LogP contribution in [0.3, 0.4) is 0 Å². The Bertz CT molecular complexity index is 1120. The van der Waals surface area contributed by atoms with Crippen LogP contribution in [0.1, 0.15) is 48.8 Å². The van der Waals surface area contributed by atoms with E-state index in [0.717, 1.165) is 46.7 Å². The number of oxazole rings is 1. The maximum atomic E-state index is 11.0. The molecule has 0 fully saturated rings. The molecule has 0 aliphatic heterocycles. The standard InChI is InChI=1S/C26H27NO4.K.H/c1-17-9-11-20(12-10-17)26-27-23(18(2)31-26)15-16-30-24-8-4-6-21-19(13-14-25(28)29)5-3-7-22(21)24;;/h4-6,8-12H,3,7,13-16H2,1-2H3,(H,28,29);;/q;+1;-1. The van der Waals surface area contributed by atoms with E-state index in [4.69, 9.17) is 14.3 Å². The van der Waals surface area contributed by atoms with Crippen molar-refractivity contribution < 1.29 is 71.9 Å². The Morgan fingerprint density at radius 1 is 1.16 bits per heavy atom. The molecule has 162 valence electrons. The second kappa shape index (κ2) is 11.4. The van der Waals surface area contributed by atoms with Crippen molar-refractivity contribution in [1.29, 1.82) is 0 Å². The van der Waals surface area contributed by atoms with Crippen molar-refractivity contribution in [3.05, 3.63) is 76.7 Å². The normalized spacial score (nSPS) is 12.5. The number of aryl methyl sites for hydroxylation is 2. The summed E-state index contributed by atoms with van der Waals surface area (Å²) in [6.45, 7) is 4.50. The summed E-state index contributed by atoms with van der Waals surface area (Å²) in [5, 5.41) is 9.01. The van der Waals surface area contributed by atoms with Crippen LogP contribution in [0.4, 0.5) is 0 Å². The predicted molar refractivity (Wildman–Crippen MR) is 121 cm³/mol. The first-order valence-electron chi connectivity index (χ1n) is 10.7. The van der Waals surface area contributed by atoms with Crippen LogP contribution in [-0.2, 0) is 17.6 Å². The molecule has 0 spiro atoms. The minimum atomic E-state index is -0.770. The van der Waals surface area contributed by atoms with Crippen LogP contribution in [0.25, 0.3) is 17.0 Å². The van der Waals surface area contributed by atoms with Gasteiger partial charge in [0, 0.05) is 24.0 Å². The molecule has 0 amide bonds. The van der Waals surface area contributed by atoms with E-state index in [1.165, 1.54) is 11.1 Å². The van der Waals surface area contributed by atoms with E-state index in [1.54, 1.807) is 0 Å². The molecule has 0 atom stereocenters. The average Bonchev–Trinajstić information content (AvgIpc) is 3.13. The summed E-state index contributed by atoms with van der Waals surface area (Å²) in [5.41, 5.74) is 6.46. The number of aromatic nitrogens is 1. The van der Waals surface area contributed by atoms with E-state index < -0.39 is 5.97 Å². The SMILES string of the molecule is Cc1ccc(-c2nc(CCOc3cccc4c3CCC=C4CCC(=O)O)c(C)o2)cc1.[H-].[K+]. The molecule has 0 radical (unpaired) electrons. The van der Waals surface area contributed by atoms with E-state index in [0.29, 0.717) is 25.3 Å². The van der Waals surface area contributed by atoms with E-state index in [2.05, 4.69) is 36.2 Å². The number of allylic oxidation sites excluding steroid dienone is 2. The Morgan fingerprint density at radius 2 is 1.94 bits per heavy atom. The minimum Gasteiger partial charge on any atom is -1.00 e. The number of hydrogen-bond acceptors (Lipinski definition) is 4. The number of hydrogen-bond donors (Lipinski definition) is 1. The summed E-state index contributed by atoms with van der Waals surface area (Å²) >= 11 is 0. The van der Waals surface area contributed by atoms with Gasteiger partial charge < -0.3 is 15.7 Å². The number of ether oxygens (including phenoxy) is 1. The van der Waals surface area contributed by atoms with Gasteiger partial charge in [0.1, 0.15) is 11.5 Å². The smallest absolute Gasteiger partial charge is 1.00 e.